The number of hydrogen-bond donors (Lipinski definition) is 2. The summed E-state index contributed by atoms with van der Waals surface area (Å²) in [5.41, 5.74) is 8.29. The van der Waals surface area contributed by atoms with Crippen molar-refractivity contribution >= 4 is 17.0 Å². The first kappa shape index (κ1) is 13.1. The molecular formula is C14H16N8. The number of aromatic nitrogens is 6. The van der Waals surface area contributed by atoms with Crippen LogP contribution in [0.15, 0.2) is 24.9 Å². The zero-order valence-electron chi connectivity index (χ0n) is 12.0. The Balaban J connectivity index is 1.51. The van der Waals surface area contributed by atoms with Crippen LogP contribution in [0.1, 0.15) is 23.9 Å². The maximum atomic E-state index is 5.97. The molecule has 1 aliphatic heterocycles. The number of hydrogen-bond acceptors (Lipinski definition) is 7. The third-order valence-electron chi connectivity index (χ3n) is 3.97. The summed E-state index contributed by atoms with van der Waals surface area (Å²) in [6.45, 7) is 2.68. The number of fused-ring (bicyclic) bond motifs is 1. The van der Waals surface area contributed by atoms with Crippen molar-refractivity contribution in [2.24, 2.45) is 0 Å². The maximum Gasteiger partial charge on any atom is 0.183 e. The fourth-order valence-corrected chi connectivity index (χ4v) is 2.88. The molecule has 1 atom stereocenters. The lowest BCUT2D eigenvalue weighted by Crippen LogP contribution is -2.21. The van der Waals surface area contributed by atoms with Gasteiger partial charge in [-0.3, -0.25) is 14.9 Å². The highest BCUT2D eigenvalue weighted by Crippen LogP contribution is 2.27. The first-order valence-electron chi connectivity index (χ1n) is 7.23. The van der Waals surface area contributed by atoms with Gasteiger partial charge in [-0.1, -0.05) is 0 Å². The molecule has 22 heavy (non-hydrogen) atoms. The molecule has 3 aromatic rings. The summed E-state index contributed by atoms with van der Waals surface area (Å²) in [7, 11) is 0. The van der Waals surface area contributed by atoms with Crippen LogP contribution in [0, 0.1) is 0 Å². The van der Waals surface area contributed by atoms with Crippen LogP contribution in [-0.4, -0.2) is 47.9 Å². The average molecular weight is 296 g/mol. The minimum Gasteiger partial charge on any atom is -0.382 e. The van der Waals surface area contributed by atoms with E-state index in [2.05, 4.69) is 34.8 Å². The second-order valence-corrected chi connectivity index (χ2v) is 5.49. The summed E-state index contributed by atoms with van der Waals surface area (Å²) < 4.78 is 0. The summed E-state index contributed by atoms with van der Waals surface area (Å²) in [5, 5.41) is 0. The molecule has 3 aromatic heterocycles. The van der Waals surface area contributed by atoms with Gasteiger partial charge in [0.1, 0.15) is 11.3 Å². The molecule has 0 amide bonds. The molecule has 1 unspecified atom stereocenters. The van der Waals surface area contributed by atoms with Crippen molar-refractivity contribution in [3.63, 3.8) is 0 Å². The van der Waals surface area contributed by atoms with Gasteiger partial charge in [-0.15, -0.1) is 0 Å². The number of nitrogens with zero attached hydrogens (tertiary/aromatic N) is 6. The molecule has 1 fully saturated rings. The number of aromatic amines is 1. The van der Waals surface area contributed by atoms with Crippen LogP contribution in [0.3, 0.4) is 0 Å². The Morgan fingerprint density at radius 3 is 3.09 bits per heavy atom. The lowest BCUT2D eigenvalue weighted by molar-refractivity contribution is 0.321. The molecule has 0 aromatic carbocycles. The van der Waals surface area contributed by atoms with Gasteiger partial charge in [0.15, 0.2) is 11.5 Å². The van der Waals surface area contributed by atoms with Crippen molar-refractivity contribution in [2.75, 3.05) is 18.8 Å². The Bertz CT molecular complexity index is 784. The smallest absolute Gasteiger partial charge is 0.183 e. The van der Waals surface area contributed by atoms with Crippen molar-refractivity contribution in [2.45, 2.75) is 18.9 Å². The van der Waals surface area contributed by atoms with E-state index < -0.39 is 0 Å². The van der Waals surface area contributed by atoms with E-state index in [0.29, 0.717) is 17.0 Å². The zero-order valence-corrected chi connectivity index (χ0v) is 12.0. The van der Waals surface area contributed by atoms with Crippen LogP contribution in [0.4, 0.5) is 5.82 Å². The molecule has 1 saturated heterocycles. The van der Waals surface area contributed by atoms with Gasteiger partial charge >= 0.3 is 0 Å². The molecule has 4 rings (SSSR count). The highest BCUT2D eigenvalue weighted by molar-refractivity contribution is 5.80. The third-order valence-corrected chi connectivity index (χ3v) is 3.97. The van der Waals surface area contributed by atoms with E-state index in [1.165, 1.54) is 0 Å². The molecule has 112 valence electrons. The standard InChI is InChI=1S/C14H16N8/c15-12-11-14(19-8-18-11)21-13(20-12)9-1-4-22(6-9)7-10-5-16-2-3-17-10/h2-3,5,8-9H,1,4,6-7H2,(H3,15,18,19,20,21). The monoisotopic (exact) mass is 296 g/mol. The average Bonchev–Trinajstić information content (AvgIpc) is 3.17. The van der Waals surface area contributed by atoms with Gasteiger partial charge in [-0.25, -0.2) is 15.0 Å². The fraction of sp³-hybridized carbons (Fsp3) is 0.357. The number of nitrogens with two attached hydrogens (primary N) is 1. The molecule has 0 bridgehead atoms. The molecule has 1 aliphatic rings. The number of nitrogen functional groups attached to an aromatic ring is 1. The van der Waals surface area contributed by atoms with E-state index >= 15 is 0 Å². The Morgan fingerprint density at radius 2 is 2.23 bits per heavy atom. The molecule has 0 spiro atoms. The number of nitrogens with one attached hydrogen (secondary N) is 1. The predicted molar refractivity (Wildman–Crippen MR) is 80.8 cm³/mol. The van der Waals surface area contributed by atoms with Crippen LogP contribution < -0.4 is 5.73 Å². The van der Waals surface area contributed by atoms with Crippen molar-refractivity contribution in [3.05, 3.63) is 36.4 Å². The highest BCUT2D eigenvalue weighted by atomic mass is 15.2. The Labute approximate surface area is 126 Å². The highest BCUT2D eigenvalue weighted by Gasteiger charge is 2.27. The van der Waals surface area contributed by atoms with Crippen LogP contribution in [0.5, 0.6) is 0 Å². The SMILES string of the molecule is Nc1nc(C2CCN(Cc3cnccn3)C2)nc2nc[nH]c12. The van der Waals surface area contributed by atoms with E-state index in [9.17, 15) is 0 Å². The minimum atomic E-state index is 0.278. The van der Waals surface area contributed by atoms with Gasteiger partial charge in [0.25, 0.3) is 0 Å². The summed E-state index contributed by atoms with van der Waals surface area (Å²) in [5.74, 6) is 1.52. The fourth-order valence-electron chi connectivity index (χ4n) is 2.88. The first-order valence-corrected chi connectivity index (χ1v) is 7.23. The topological polar surface area (TPSA) is 110 Å². The number of H-pyrrole nitrogens is 1. The molecule has 8 heteroatoms. The second-order valence-electron chi connectivity index (χ2n) is 5.49. The summed E-state index contributed by atoms with van der Waals surface area (Å²) in [4.78, 5) is 26.9. The lowest BCUT2D eigenvalue weighted by atomic mass is 10.1. The van der Waals surface area contributed by atoms with Gasteiger partial charge < -0.3 is 10.7 Å². The molecule has 4 heterocycles. The Kier molecular flexibility index (Phi) is 3.15. The zero-order chi connectivity index (χ0) is 14.9. The molecule has 3 N–H and O–H groups in total. The van der Waals surface area contributed by atoms with E-state index in [0.717, 1.165) is 37.6 Å². The number of rotatable bonds is 3. The van der Waals surface area contributed by atoms with Crippen molar-refractivity contribution in [1.29, 1.82) is 0 Å². The molecule has 0 radical (unpaired) electrons. The van der Waals surface area contributed by atoms with Gasteiger partial charge in [0.05, 0.1) is 12.0 Å². The van der Waals surface area contributed by atoms with Gasteiger partial charge in [-0.2, -0.15) is 0 Å². The van der Waals surface area contributed by atoms with Crippen LogP contribution in [-0.2, 0) is 6.54 Å². The minimum absolute atomic E-state index is 0.278. The largest absolute Gasteiger partial charge is 0.382 e. The van der Waals surface area contributed by atoms with E-state index in [4.69, 9.17) is 5.73 Å². The van der Waals surface area contributed by atoms with Crippen molar-refractivity contribution < 1.29 is 0 Å². The van der Waals surface area contributed by atoms with Crippen molar-refractivity contribution in [3.8, 4) is 0 Å². The Hall–Kier alpha value is -2.61. The van der Waals surface area contributed by atoms with Gasteiger partial charge in [0.2, 0.25) is 0 Å². The molecule has 0 saturated carbocycles. The summed E-state index contributed by atoms with van der Waals surface area (Å²) in [6, 6.07) is 0. The normalized spacial score (nSPS) is 19.0. The second kappa shape index (κ2) is 5.30. The number of anilines is 1. The van der Waals surface area contributed by atoms with Crippen LogP contribution >= 0.6 is 0 Å². The Morgan fingerprint density at radius 1 is 1.27 bits per heavy atom. The third kappa shape index (κ3) is 2.37. The first-order chi connectivity index (χ1) is 10.8. The summed E-state index contributed by atoms with van der Waals surface area (Å²) in [6.07, 6.45) is 7.81. The van der Waals surface area contributed by atoms with Crippen LogP contribution in [0.25, 0.3) is 11.2 Å². The van der Waals surface area contributed by atoms with E-state index in [1.807, 2.05) is 0 Å². The number of likely N-dealkylation sites (tertiary alicyclic amines) is 1. The van der Waals surface area contributed by atoms with Gasteiger partial charge in [0, 0.05) is 37.6 Å². The van der Waals surface area contributed by atoms with Gasteiger partial charge in [-0.05, 0) is 13.0 Å². The van der Waals surface area contributed by atoms with E-state index in [-0.39, 0.29) is 5.92 Å². The number of imidazole rings is 1. The molecule has 8 nitrogen and oxygen atoms in total. The van der Waals surface area contributed by atoms with Crippen LogP contribution in [0.2, 0.25) is 0 Å². The molecule has 0 aliphatic carbocycles. The maximum absolute atomic E-state index is 5.97. The quantitative estimate of drug-likeness (QED) is 0.732. The summed E-state index contributed by atoms with van der Waals surface area (Å²) >= 11 is 0. The van der Waals surface area contributed by atoms with Crippen molar-refractivity contribution in [1.82, 2.24) is 34.8 Å². The lowest BCUT2D eigenvalue weighted by Gasteiger charge is -2.14. The molecular weight excluding hydrogens is 280 g/mol. The van der Waals surface area contributed by atoms with E-state index in [1.54, 1.807) is 24.9 Å². The predicted octanol–water partition coefficient (Wildman–Crippen LogP) is 0.715.